The molecule has 152 valence electrons. The van der Waals surface area contributed by atoms with Crippen LogP contribution in [-0.4, -0.2) is 25.8 Å². The van der Waals surface area contributed by atoms with Gasteiger partial charge in [-0.25, -0.2) is 9.48 Å². The minimum Gasteiger partial charge on any atom is -0.322 e. The van der Waals surface area contributed by atoms with E-state index in [9.17, 15) is 22.8 Å². The molecule has 0 aliphatic heterocycles. The predicted molar refractivity (Wildman–Crippen MR) is 99.1 cm³/mol. The van der Waals surface area contributed by atoms with Crippen LogP contribution in [0.25, 0.3) is 17.1 Å². The first-order valence-corrected chi connectivity index (χ1v) is 8.51. The summed E-state index contributed by atoms with van der Waals surface area (Å²) < 4.78 is 43.6. The lowest BCUT2D eigenvalue weighted by Crippen LogP contribution is -2.12. The number of benzene rings is 2. The smallest absolute Gasteiger partial charge is 0.322 e. The van der Waals surface area contributed by atoms with Crippen LogP contribution in [0, 0.1) is 0 Å². The Morgan fingerprint density at radius 1 is 1.10 bits per heavy atom. The van der Waals surface area contributed by atoms with Crippen molar-refractivity contribution in [2.24, 2.45) is 0 Å². The third-order valence-corrected chi connectivity index (χ3v) is 4.11. The number of hydrogen-bond acceptors (Lipinski definition) is 5. The third kappa shape index (κ3) is 3.99. The molecule has 2 aromatic carbocycles. The topological polar surface area (TPSA) is 106 Å². The second kappa shape index (κ2) is 7.35. The summed E-state index contributed by atoms with van der Waals surface area (Å²) in [5.74, 6) is -0.902. The first-order chi connectivity index (χ1) is 14.3. The van der Waals surface area contributed by atoms with Gasteiger partial charge in [0.05, 0.1) is 5.69 Å². The molecule has 2 aromatic heterocycles. The maximum atomic E-state index is 12.7. The van der Waals surface area contributed by atoms with Gasteiger partial charge in [0.25, 0.3) is 5.91 Å². The number of hydrogen-bond donors (Lipinski definition) is 2. The van der Waals surface area contributed by atoms with Gasteiger partial charge < -0.3 is 5.32 Å². The monoisotopic (exact) mass is 415 g/mol. The fourth-order valence-corrected chi connectivity index (χ4v) is 2.69. The molecule has 0 spiro atoms. The van der Waals surface area contributed by atoms with Crippen LogP contribution in [0.2, 0.25) is 0 Å². The minimum atomic E-state index is -4.53. The number of carbonyl (C=O) groups excluding carboxylic acids is 1. The molecule has 1 amide bonds. The molecule has 4 aromatic rings. The number of anilines is 1. The van der Waals surface area contributed by atoms with Gasteiger partial charge >= 0.3 is 11.9 Å². The molecule has 2 N–H and O–H groups in total. The zero-order chi connectivity index (χ0) is 21.3. The first kappa shape index (κ1) is 19.2. The molecule has 4 rings (SSSR count). The van der Waals surface area contributed by atoms with E-state index in [-0.39, 0.29) is 5.82 Å². The highest BCUT2D eigenvalue weighted by atomic mass is 19.4. The summed E-state index contributed by atoms with van der Waals surface area (Å²) in [4.78, 5) is 26.0. The van der Waals surface area contributed by atoms with Crippen molar-refractivity contribution in [3.63, 3.8) is 0 Å². The van der Waals surface area contributed by atoms with Gasteiger partial charge in [-0.15, -0.1) is 0 Å². The fraction of sp³-hybridized carbons (Fsp3) is 0.0526. The van der Waals surface area contributed by atoms with Gasteiger partial charge in [-0.1, -0.05) is 17.3 Å². The Hall–Kier alpha value is -4.15. The van der Waals surface area contributed by atoms with Gasteiger partial charge in [0, 0.05) is 23.0 Å². The number of carbonyl (C=O) groups is 1. The number of rotatable bonds is 4. The Morgan fingerprint density at radius 3 is 2.50 bits per heavy atom. The molecular weight excluding hydrogens is 403 g/mol. The molecule has 0 saturated heterocycles. The van der Waals surface area contributed by atoms with Crippen molar-refractivity contribution in [2.75, 3.05) is 5.32 Å². The van der Waals surface area contributed by atoms with Gasteiger partial charge in [0.2, 0.25) is 0 Å². The standard InChI is InChI=1S/C19H12F3N5O3/c20-19(21,22)15-8-9-27(25-15)14-6-4-11(5-7-14)17(28)23-13-3-1-2-12(10-13)16-24-18(29)30-26-16/h1-10H,(H,23,28)(H,24,26,29). The Balaban J connectivity index is 1.49. The van der Waals surface area contributed by atoms with Crippen molar-refractivity contribution >= 4 is 11.6 Å². The number of amides is 1. The van der Waals surface area contributed by atoms with E-state index in [1.54, 1.807) is 24.3 Å². The largest absolute Gasteiger partial charge is 0.439 e. The van der Waals surface area contributed by atoms with Gasteiger partial charge in [-0.2, -0.15) is 18.3 Å². The number of nitrogens with one attached hydrogen (secondary N) is 2. The van der Waals surface area contributed by atoms with Crippen LogP contribution in [0.4, 0.5) is 18.9 Å². The highest BCUT2D eigenvalue weighted by Crippen LogP contribution is 2.28. The number of aromatic amines is 1. The number of halogens is 3. The average molecular weight is 415 g/mol. The molecule has 2 heterocycles. The molecule has 0 atom stereocenters. The van der Waals surface area contributed by atoms with Crippen LogP contribution in [0.5, 0.6) is 0 Å². The lowest BCUT2D eigenvalue weighted by molar-refractivity contribution is -0.141. The Labute approximate surface area is 165 Å². The summed E-state index contributed by atoms with van der Waals surface area (Å²) in [6.07, 6.45) is -3.34. The second-order valence-corrected chi connectivity index (χ2v) is 6.17. The van der Waals surface area contributed by atoms with Gasteiger partial charge in [0.15, 0.2) is 11.5 Å². The quantitative estimate of drug-likeness (QED) is 0.531. The number of aromatic nitrogens is 4. The van der Waals surface area contributed by atoms with E-state index in [1.165, 1.54) is 30.5 Å². The van der Waals surface area contributed by atoms with Crippen LogP contribution in [0.1, 0.15) is 16.1 Å². The first-order valence-electron chi connectivity index (χ1n) is 8.51. The van der Waals surface area contributed by atoms with E-state index in [2.05, 4.69) is 25.1 Å². The molecule has 0 aliphatic carbocycles. The van der Waals surface area contributed by atoms with Crippen LogP contribution in [-0.2, 0) is 6.18 Å². The lowest BCUT2D eigenvalue weighted by atomic mass is 10.1. The number of nitrogens with zero attached hydrogens (tertiary/aromatic N) is 3. The third-order valence-electron chi connectivity index (χ3n) is 4.11. The SMILES string of the molecule is O=C(Nc1cccc(-c2noc(=O)[nH]2)c1)c1ccc(-n2ccc(C(F)(F)F)n2)cc1. The Kier molecular flexibility index (Phi) is 4.70. The molecule has 0 fully saturated rings. The van der Waals surface area contributed by atoms with Crippen molar-refractivity contribution in [3.8, 4) is 17.1 Å². The summed E-state index contributed by atoms with van der Waals surface area (Å²) in [6, 6.07) is 13.4. The molecular formula is C19H12F3N5O3. The van der Waals surface area contributed by atoms with Crippen LogP contribution in [0.3, 0.4) is 0 Å². The zero-order valence-corrected chi connectivity index (χ0v) is 15.0. The maximum Gasteiger partial charge on any atom is 0.439 e. The Morgan fingerprint density at radius 2 is 1.87 bits per heavy atom. The van der Waals surface area contributed by atoms with Crippen molar-refractivity contribution in [3.05, 3.63) is 82.6 Å². The van der Waals surface area contributed by atoms with Crippen LogP contribution >= 0.6 is 0 Å². The van der Waals surface area contributed by atoms with E-state index in [1.807, 2.05) is 0 Å². The minimum absolute atomic E-state index is 0.220. The van der Waals surface area contributed by atoms with E-state index in [0.29, 0.717) is 22.5 Å². The van der Waals surface area contributed by atoms with Crippen molar-refractivity contribution < 1.29 is 22.5 Å². The van der Waals surface area contributed by atoms with E-state index in [4.69, 9.17) is 0 Å². The van der Waals surface area contributed by atoms with Gasteiger partial charge in [-0.3, -0.25) is 14.3 Å². The van der Waals surface area contributed by atoms with Crippen LogP contribution in [0.15, 0.2) is 70.1 Å². The predicted octanol–water partition coefficient (Wildman–Crippen LogP) is 3.49. The van der Waals surface area contributed by atoms with E-state index >= 15 is 0 Å². The van der Waals surface area contributed by atoms with Gasteiger partial charge in [-0.05, 0) is 42.5 Å². The summed E-state index contributed by atoms with van der Waals surface area (Å²) in [6.45, 7) is 0. The second-order valence-electron chi connectivity index (χ2n) is 6.17. The zero-order valence-electron chi connectivity index (χ0n) is 15.0. The average Bonchev–Trinajstić information content (AvgIpc) is 3.38. The molecule has 11 heteroatoms. The summed E-state index contributed by atoms with van der Waals surface area (Å²) in [7, 11) is 0. The highest BCUT2D eigenvalue weighted by molar-refractivity contribution is 6.04. The summed E-state index contributed by atoms with van der Waals surface area (Å²) >= 11 is 0. The normalized spacial score (nSPS) is 11.4. The van der Waals surface area contributed by atoms with E-state index < -0.39 is 23.5 Å². The summed E-state index contributed by atoms with van der Waals surface area (Å²) in [5.41, 5.74) is 0.652. The molecule has 0 unspecified atom stereocenters. The highest BCUT2D eigenvalue weighted by Gasteiger charge is 2.33. The van der Waals surface area contributed by atoms with Crippen molar-refractivity contribution in [1.29, 1.82) is 0 Å². The molecule has 30 heavy (non-hydrogen) atoms. The maximum absolute atomic E-state index is 12.7. The molecule has 0 saturated carbocycles. The van der Waals surface area contributed by atoms with Gasteiger partial charge in [0.1, 0.15) is 0 Å². The van der Waals surface area contributed by atoms with Crippen molar-refractivity contribution in [2.45, 2.75) is 6.18 Å². The summed E-state index contributed by atoms with van der Waals surface area (Å²) in [5, 5.41) is 9.77. The van der Waals surface area contributed by atoms with Crippen molar-refractivity contribution in [1.82, 2.24) is 19.9 Å². The molecule has 0 bridgehead atoms. The van der Waals surface area contributed by atoms with Crippen LogP contribution < -0.4 is 11.1 Å². The fourth-order valence-electron chi connectivity index (χ4n) is 2.69. The lowest BCUT2D eigenvalue weighted by Gasteiger charge is -2.08. The number of H-pyrrole nitrogens is 1. The molecule has 0 aliphatic rings. The number of alkyl halides is 3. The molecule has 0 radical (unpaired) electrons. The molecule has 8 nitrogen and oxygen atoms in total. The van der Waals surface area contributed by atoms with E-state index in [0.717, 1.165) is 10.7 Å². The Bertz CT molecular complexity index is 1260.